The summed E-state index contributed by atoms with van der Waals surface area (Å²) in [7, 11) is -3.71. The summed E-state index contributed by atoms with van der Waals surface area (Å²) in [6.45, 7) is 3.81. The zero-order chi connectivity index (χ0) is 21.3. The predicted molar refractivity (Wildman–Crippen MR) is 121 cm³/mol. The number of fused-ring (bicyclic) bond motifs is 1. The number of rotatable bonds is 5. The maximum absolute atomic E-state index is 12.7. The molecule has 4 aromatic rings. The summed E-state index contributed by atoms with van der Waals surface area (Å²) < 4.78 is 28.9. The number of nitrogens with zero attached hydrogens (tertiary/aromatic N) is 1. The molecule has 0 radical (unpaired) electrons. The average molecular weight is 438 g/mol. The summed E-state index contributed by atoms with van der Waals surface area (Å²) in [5, 5.41) is 3.23. The van der Waals surface area contributed by atoms with E-state index in [-0.39, 0.29) is 10.8 Å². The average Bonchev–Trinajstić information content (AvgIpc) is 3.11. The highest BCUT2D eigenvalue weighted by Gasteiger charge is 2.16. The van der Waals surface area contributed by atoms with Crippen LogP contribution in [-0.2, 0) is 10.0 Å². The molecule has 1 amide bonds. The first kappa shape index (κ1) is 20.1. The van der Waals surface area contributed by atoms with Gasteiger partial charge in [-0.3, -0.25) is 14.8 Å². The molecule has 0 aliphatic heterocycles. The molecular weight excluding hydrogens is 418 g/mol. The number of anilines is 2. The van der Waals surface area contributed by atoms with Crippen molar-refractivity contribution in [2.75, 3.05) is 10.0 Å². The number of carbonyl (C=O) groups is 1. The van der Waals surface area contributed by atoms with Gasteiger partial charge in [0.25, 0.3) is 15.9 Å². The van der Waals surface area contributed by atoms with Crippen LogP contribution in [0.2, 0.25) is 0 Å². The number of sulfonamides is 1. The highest BCUT2D eigenvalue weighted by Crippen LogP contribution is 2.29. The summed E-state index contributed by atoms with van der Waals surface area (Å²) in [6, 6.07) is 19.0. The van der Waals surface area contributed by atoms with Gasteiger partial charge in [-0.15, -0.1) is 0 Å². The first-order chi connectivity index (χ1) is 14.3. The molecule has 0 spiro atoms. The zero-order valence-electron chi connectivity index (χ0n) is 16.3. The lowest BCUT2D eigenvalue weighted by molar-refractivity contribution is 0.102. The Morgan fingerprint density at radius 3 is 2.43 bits per heavy atom. The molecule has 0 unspecified atom stereocenters. The van der Waals surface area contributed by atoms with E-state index in [1.807, 2.05) is 19.9 Å². The van der Waals surface area contributed by atoms with E-state index in [9.17, 15) is 13.2 Å². The van der Waals surface area contributed by atoms with E-state index >= 15 is 0 Å². The van der Waals surface area contributed by atoms with E-state index in [4.69, 9.17) is 0 Å². The number of amides is 1. The molecule has 0 atom stereocenters. The van der Waals surface area contributed by atoms with Gasteiger partial charge in [0.2, 0.25) is 0 Å². The Kier molecular flexibility index (Phi) is 5.27. The Morgan fingerprint density at radius 2 is 1.70 bits per heavy atom. The molecular formula is C22H19N3O3S2. The van der Waals surface area contributed by atoms with Gasteiger partial charge in [0, 0.05) is 5.56 Å². The highest BCUT2D eigenvalue weighted by atomic mass is 32.2. The van der Waals surface area contributed by atoms with Gasteiger partial charge in [-0.2, -0.15) is 0 Å². The van der Waals surface area contributed by atoms with E-state index in [0.29, 0.717) is 21.9 Å². The first-order valence-corrected chi connectivity index (χ1v) is 11.5. The largest absolute Gasteiger partial charge is 0.298 e. The lowest BCUT2D eigenvalue weighted by Crippen LogP contribution is -2.13. The summed E-state index contributed by atoms with van der Waals surface area (Å²) in [4.78, 5) is 16.9. The molecule has 2 N–H and O–H groups in total. The van der Waals surface area contributed by atoms with Gasteiger partial charge >= 0.3 is 0 Å². The number of thiazole rings is 1. The molecule has 152 valence electrons. The minimum absolute atomic E-state index is 0.208. The minimum atomic E-state index is -3.71. The van der Waals surface area contributed by atoms with Crippen LogP contribution in [0.3, 0.4) is 0 Å². The van der Waals surface area contributed by atoms with Crippen LogP contribution in [0.1, 0.15) is 21.5 Å². The Hall–Kier alpha value is -3.23. The summed E-state index contributed by atoms with van der Waals surface area (Å²) in [6.07, 6.45) is 0. The first-order valence-electron chi connectivity index (χ1n) is 9.19. The molecule has 4 rings (SSSR count). The number of hydrogen-bond donors (Lipinski definition) is 2. The Labute approximate surface area is 178 Å². The van der Waals surface area contributed by atoms with Crippen LogP contribution in [0.15, 0.2) is 71.6 Å². The molecule has 6 nitrogen and oxygen atoms in total. The molecule has 0 bridgehead atoms. The molecule has 3 aromatic carbocycles. The van der Waals surface area contributed by atoms with Gasteiger partial charge < -0.3 is 0 Å². The molecule has 1 heterocycles. The number of benzene rings is 3. The molecule has 0 aliphatic carbocycles. The van der Waals surface area contributed by atoms with Crippen molar-refractivity contribution in [3.63, 3.8) is 0 Å². The van der Waals surface area contributed by atoms with Crippen molar-refractivity contribution >= 4 is 48.3 Å². The topological polar surface area (TPSA) is 88.2 Å². The van der Waals surface area contributed by atoms with Gasteiger partial charge in [-0.25, -0.2) is 13.4 Å². The summed E-state index contributed by atoms with van der Waals surface area (Å²) >= 11 is 1.33. The highest BCUT2D eigenvalue weighted by molar-refractivity contribution is 7.92. The van der Waals surface area contributed by atoms with Gasteiger partial charge in [-0.05, 0) is 67.4 Å². The fourth-order valence-electron chi connectivity index (χ4n) is 2.90. The lowest BCUT2D eigenvalue weighted by atomic mass is 10.1. The van der Waals surface area contributed by atoms with E-state index in [1.165, 1.54) is 11.3 Å². The molecule has 30 heavy (non-hydrogen) atoms. The van der Waals surface area contributed by atoms with Crippen LogP contribution in [0.5, 0.6) is 0 Å². The van der Waals surface area contributed by atoms with Crippen LogP contribution < -0.4 is 10.0 Å². The molecule has 0 fully saturated rings. The molecule has 0 saturated carbocycles. The second kappa shape index (κ2) is 7.89. The van der Waals surface area contributed by atoms with E-state index in [0.717, 1.165) is 15.8 Å². The van der Waals surface area contributed by atoms with E-state index in [1.54, 1.807) is 60.7 Å². The van der Waals surface area contributed by atoms with Crippen molar-refractivity contribution in [3.8, 4) is 0 Å². The van der Waals surface area contributed by atoms with Gasteiger partial charge in [-0.1, -0.05) is 35.6 Å². The summed E-state index contributed by atoms with van der Waals surface area (Å²) in [5.41, 5.74) is 3.49. The quantitative estimate of drug-likeness (QED) is 0.462. The number of aromatic nitrogens is 1. The smallest absolute Gasteiger partial charge is 0.261 e. The summed E-state index contributed by atoms with van der Waals surface area (Å²) in [5.74, 6) is -0.245. The minimum Gasteiger partial charge on any atom is -0.298 e. The van der Waals surface area contributed by atoms with Crippen molar-refractivity contribution in [1.29, 1.82) is 0 Å². The van der Waals surface area contributed by atoms with Crippen molar-refractivity contribution in [1.82, 2.24) is 4.98 Å². The number of carbonyl (C=O) groups excluding carboxylic acids is 1. The third kappa shape index (κ3) is 4.19. The van der Waals surface area contributed by atoms with Crippen LogP contribution in [0, 0.1) is 13.8 Å². The number of nitrogens with one attached hydrogen (secondary N) is 2. The molecule has 1 aromatic heterocycles. The van der Waals surface area contributed by atoms with Crippen LogP contribution in [-0.4, -0.2) is 19.3 Å². The normalized spacial score (nSPS) is 11.4. The fraction of sp³-hybridized carbons (Fsp3) is 0.0909. The van der Waals surface area contributed by atoms with Gasteiger partial charge in [0.05, 0.1) is 20.8 Å². The van der Waals surface area contributed by atoms with Crippen LogP contribution >= 0.6 is 11.3 Å². The SMILES string of the molecule is Cc1ccc(S(=O)(=O)Nc2ccc3sc(NC(=O)c4ccccc4)nc3c2)cc1C. The Balaban J connectivity index is 1.56. The third-order valence-electron chi connectivity index (χ3n) is 4.68. The second-order valence-electron chi connectivity index (χ2n) is 6.87. The third-order valence-corrected chi connectivity index (χ3v) is 7.02. The molecule has 0 aliphatic rings. The number of hydrogen-bond acceptors (Lipinski definition) is 5. The Bertz CT molecular complexity index is 1350. The fourth-order valence-corrected chi connectivity index (χ4v) is 4.87. The van der Waals surface area contributed by atoms with Crippen molar-refractivity contribution in [2.45, 2.75) is 18.7 Å². The van der Waals surface area contributed by atoms with Crippen LogP contribution in [0.4, 0.5) is 10.8 Å². The van der Waals surface area contributed by atoms with Crippen molar-refractivity contribution < 1.29 is 13.2 Å². The van der Waals surface area contributed by atoms with E-state index in [2.05, 4.69) is 15.0 Å². The van der Waals surface area contributed by atoms with Crippen LogP contribution in [0.25, 0.3) is 10.2 Å². The molecule has 8 heteroatoms. The zero-order valence-corrected chi connectivity index (χ0v) is 18.0. The molecule has 0 saturated heterocycles. The monoisotopic (exact) mass is 437 g/mol. The maximum atomic E-state index is 12.7. The lowest BCUT2D eigenvalue weighted by Gasteiger charge is -2.09. The van der Waals surface area contributed by atoms with Gasteiger partial charge in [0.1, 0.15) is 0 Å². The number of aryl methyl sites for hydroxylation is 2. The Morgan fingerprint density at radius 1 is 0.933 bits per heavy atom. The van der Waals surface area contributed by atoms with Gasteiger partial charge in [0.15, 0.2) is 5.13 Å². The maximum Gasteiger partial charge on any atom is 0.261 e. The van der Waals surface area contributed by atoms with E-state index < -0.39 is 10.0 Å². The standard InChI is InChI=1S/C22H19N3O3S2/c1-14-8-10-18(12-15(14)2)30(27,28)25-17-9-11-20-19(13-17)23-22(29-20)24-21(26)16-6-4-3-5-7-16/h3-13,25H,1-2H3,(H,23,24,26). The van der Waals surface area contributed by atoms with Crippen molar-refractivity contribution in [2.24, 2.45) is 0 Å². The predicted octanol–water partition coefficient (Wildman–Crippen LogP) is 4.97. The second-order valence-corrected chi connectivity index (χ2v) is 9.59. The van der Waals surface area contributed by atoms with Crippen molar-refractivity contribution in [3.05, 3.63) is 83.4 Å².